The first-order chi connectivity index (χ1) is 8.52. The van der Waals surface area contributed by atoms with Crippen LogP contribution in [0.15, 0.2) is 6.07 Å². The van der Waals surface area contributed by atoms with Crippen LogP contribution in [0.5, 0.6) is 0 Å². The van der Waals surface area contributed by atoms with E-state index in [-0.39, 0.29) is 5.91 Å². The fourth-order valence-electron chi connectivity index (χ4n) is 2.73. The van der Waals surface area contributed by atoms with Crippen molar-refractivity contribution in [1.29, 1.82) is 0 Å². The fourth-order valence-corrected chi connectivity index (χ4v) is 2.73. The number of likely N-dealkylation sites (tertiary alicyclic amines) is 1. The van der Waals surface area contributed by atoms with Crippen LogP contribution in [-0.4, -0.2) is 46.8 Å². The molecule has 5 nitrogen and oxygen atoms in total. The molecule has 2 heterocycles. The zero-order valence-electron chi connectivity index (χ0n) is 11.6. The van der Waals surface area contributed by atoms with Crippen molar-refractivity contribution in [3.63, 3.8) is 0 Å². The van der Waals surface area contributed by atoms with Crippen molar-refractivity contribution in [3.05, 3.63) is 17.5 Å². The summed E-state index contributed by atoms with van der Waals surface area (Å²) in [4.78, 5) is 14.4. The summed E-state index contributed by atoms with van der Waals surface area (Å²) in [6.45, 7) is 5.73. The Morgan fingerprint density at radius 1 is 1.56 bits per heavy atom. The van der Waals surface area contributed by atoms with Gasteiger partial charge in [-0.3, -0.25) is 9.48 Å². The summed E-state index contributed by atoms with van der Waals surface area (Å²) < 4.78 is 1.67. The minimum Gasteiger partial charge on any atom is -0.337 e. The van der Waals surface area contributed by atoms with Crippen LogP contribution in [0.2, 0.25) is 0 Å². The number of carbonyl (C=O) groups excluding carboxylic acids is 1. The minimum atomic E-state index is 0.0968. The first-order valence-electron chi connectivity index (χ1n) is 6.50. The number of piperidine rings is 1. The number of nitrogens with zero attached hydrogens (tertiary/aromatic N) is 3. The number of hydrogen-bond acceptors (Lipinski definition) is 3. The van der Waals surface area contributed by atoms with Gasteiger partial charge < -0.3 is 10.2 Å². The molecule has 18 heavy (non-hydrogen) atoms. The molecule has 1 N–H and O–H groups in total. The highest BCUT2D eigenvalue weighted by atomic mass is 16.2. The largest absolute Gasteiger partial charge is 0.337 e. The third-order valence-corrected chi connectivity index (χ3v) is 3.78. The van der Waals surface area contributed by atoms with Gasteiger partial charge in [-0.15, -0.1) is 0 Å². The Balaban J connectivity index is 2.09. The van der Waals surface area contributed by atoms with Crippen molar-refractivity contribution in [3.8, 4) is 0 Å². The van der Waals surface area contributed by atoms with E-state index in [1.54, 1.807) is 4.68 Å². The molecule has 0 bridgehead atoms. The Bertz CT molecular complexity index is 440. The molecule has 0 aliphatic carbocycles. The van der Waals surface area contributed by atoms with Gasteiger partial charge in [-0.2, -0.15) is 5.10 Å². The first-order valence-corrected chi connectivity index (χ1v) is 6.50. The SMILES string of the molecule is CNC1CCN(C(=O)c2cc(C)nn2C)CC1C. The molecule has 1 aliphatic rings. The lowest BCUT2D eigenvalue weighted by molar-refractivity contribution is 0.0638. The summed E-state index contributed by atoms with van der Waals surface area (Å²) in [5.41, 5.74) is 1.57. The van der Waals surface area contributed by atoms with Crippen LogP contribution in [0.3, 0.4) is 0 Å². The van der Waals surface area contributed by atoms with Crippen molar-refractivity contribution in [2.45, 2.75) is 26.3 Å². The molecule has 0 radical (unpaired) electrons. The average molecular weight is 250 g/mol. The van der Waals surface area contributed by atoms with Crippen molar-refractivity contribution in [2.75, 3.05) is 20.1 Å². The number of hydrogen-bond donors (Lipinski definition) is 1. The van der Waals surface area contributed by atoms with E-state index >= 15 is 0 Å². The molecule has 1 saturated heterocycles. The molecule has 1 fully saturated rings. The maximum absolute atomic E-state index is 12.4. The summed E-state index contributed by atoms with van der Waals surface area (Å²) in [5.74, 6) is 0.585. The molecule has 5 heteroatoms. The van der Waals surface area contributed by atoms with Crippen LogP contribution in [0.4, 0.5) is 0 Å². The van der Waals surface area contributed by atoms with Gasteiger partial charge in [0.1, 0.15) is 5.69 Å². The van der Waals surface area contributed by atoms with E-state index < -0.39 is 0 Å². The van der Waals surface area contributed by atoms with Crippen LogP contribution >= 0.6 is 0 Å². The van der Waals surface area contributed by atoms with E-state index in [2.05, 4.69) is 17.3 Å². The fraction of sp³-hybridized carbons (Fsp3) is 0.692. The molecular formula is C13H22N4O. The zero-order valence-corrected chi connectivity index (χ0v) is 11.6. The van der Waals surface area contributed by atoms with E-state index in [0.717, 1.165) is 25.2 Å². The van der Waals surface area contributed by atoms with Crippen LogP contribution in [0.1, 0.15) is 29.5 Å². The van der Waals surface area contributed by atoms with Crippen molar-refractivity contribution < 1.29 is 4.79 Å². The Morgan fingerprint density at radius 2 is 2.28 bits per heavy atom. The molecule has 0 saturated carbocycles. The van der Waals surface area contributed by atoms with E-state index in [1.165, 1.54) is 0 Å². The van der Waals surface area contributed by atoms with Crippen LogP contribution in [0.25, 0.3) is 0 Å². The van der Waals surface area contributed by atoms with E-state index in [9.17, 15) is 4.79 Å². The predicted octanol–water partition coefficient (Wildman–Crippen LogP) is 0.799. The number of amides is 1. The topological polar surface area (TPSA) is 50.2 Å². The lowest BCUT2D eigenvalue weighted by Gasteiger charge is -2.36. The summed E-state index contributed by atoms with van der Waals surface area (Å²) in [6, 6.07) is 2.37. The normalized spacial score (nSPS) is 24.3. The Kier molecular flexibility index (Phi) is 3.71. The second-order valence-electron chi connectivity index (χ2n) is 5.21. The van der Waals surface area contributed by atoms with Gasteiger partial charge in [0.25, 0.3) is 5.91 Å². The highest BCUT2D eigenvalue weighted by Crippen LogP contribution is 2.18. The van der Waals surface area contributed by atoms with E-state index in [0.29, 0.717) is 17.7 Å². The highest BCUT2D eigenvalue weighted by Gasteiger charge is 2.29. The van der Waals surface area contributed by atoms with E-state index in [4.69, 9.17) is 0 Å². The van der Waals surface area contributed by atoms with Gasteiger partial charge in [0, 0.05) is 26.2 Å². The van der Waals surface area contributed by atoms with Gasteiger partial charge in [0.15, 0.2) is 0 Å². The second-order valence-corrected chi connectivity index (χ2v) is 5.21. The van der Waals surface area contributed by atoms with Crippen LogP contribution in [-0.2, 0) is 7.05 Å². The number of rotatable bonds is 2. The van der Waals surface area contributed by atoms with Gasteiger partial charge in [-0.25, -0.2) is 0 Å². The molecule has 0 spiro atoms. The number of carbonyl (C=O) groups is 1. The molecular weight excluding hydrogens is 228 g/mol. The third kappa shape index (κ3) is 2.41. The molecule has 1 aliphatic heterocycles. The third-order valence-electron chi connectivity index (χ3n) is 3.78. The Morgan fingerprint density at radius 3 is 2.78 bits per heavy atom. The zero-order chi connectivity index (χ0) is 13.3. The lowest BCUT2D eigenvalue weighted by Crippen LogP contribution is -2.49. The van der Waals surface area contributed by atoms with Gasteiger partial charge in [-0.1, -0.05) is 6.92 Å². The highest BCUT2D eigenvalue weighted by molar-refractivity contribution is 5.92. The standard InChI is InChI=1S/C13H22N4O/c1-9-8-17(6-5-11(9)14-3)13(18)12-7-10(2)15-16(12)4/h7,9,11,14H,5-6,8H2,1-4H3. The molecule has 1 aromatic heterocycles. The molecule has 2 atom stereocenters. The second kappa shape index (κ2) is 5.10. The number of aromatic nitrogens is 2. The van der Waals surface area contributed by atoms with Crippen LogP contribution in [0, 0.1) is 12.8 Å². The average Bonchev–Trinajstić information content (AvgIpc) is 2.67. The molecule has 1 aromatic rings. The van der Waals surface area contributed by atoms with Crippen molar-refractivity contribution in [2.24, 2.45) is 13.0 Å². The molecule has 0 aromatic carbocycles. The summed E-state index contributed by atoms with van der Waals surface area (Å²) in [6.07, 6.45) is 1.01. The summed E-state index contributed by atoms with van der Waals surface area (Å²) in [7, 11) is 3.81. The molecule has 2 rings (SSSR count). The van der Waals surface area contributed by atoms with E-state index in [1.807, 2.05) is 32.0 Å². The quantitative estimate of drug-likeness (QED) is 0.844. The Labute approximate surface area is 108 Å². The number of aryl methyl sites for hydroxylation is 2. The van der Waals surface area contributed by atoms with Crippen molar-refractivity contribution in [1.82, 2.24) is 20.0 Å². The molecule has 100 valence electrons. The lowest BCUT2D eigenvalue weighted by atomic mass is 9.94. The smallest absolute Gasteiger partial charge is 0.272 e. The van der Waals surface area contributed by atoms with Gasteiger partial charge in [0.2, 0.25) is 0 Å². The number of nitrogens with one attached hydrogen (secondary N) is 1. The van der Waals surface area contributed by atoms with Gasteiger partial charge in [-0.05, 0) is 32.4 Å². The summed E-state index contributed by atoms with van der Waals surface area (Å²) >= 11 is 0. The van der Waals surface area contributed by atoms with Gasteiger partial charge in [0.05, 0.1) is 5.69 Å². The molecule has 1 amide bonds. The molecule has 2 unspecified atom stereocenters. The van der Waals surface area contributed by atoms with Crippen molar-refractivity contribution >= 4 is 5.91 Å². The summed E-state index contributed by atoms with van der Waals surface area (Å²) in [5, 5.41) is 7.55. The Hall–Kier alpha value is -1.36. The monoisotopic (exact) mass is 250 g/mol. The van der Waals surface area contributed by atoms with Gasteiger partial charge >= 0.3 is 0 Å². The predicted molar refractivity (Wildman–Crippen MR) is 70.5 cm³/mol. The van der Waals surface area contributed by atoms with Crippen LogP contribution < -0.4 is 5.32 Å². The minimum absolute atomic E-state index is 0.0968. The maximum atomic E-state index is 12.4. The maximum Gasteiger partial charge on any atom is 0.272 e. The first kappa shape index (κ1) is 13.1.